The number of H-pyrrole nitrogens is 1. The molecule has 34 heavy (non-hydrogen) atoms. The van der Waals surface area contributed by atoms with Crippen molar-refractivity contribution in [1.82, 2.24) is 25.1 Å². The Kier molecular flexibility index (Phi) is 5.13. The summed E-state index contributed by atoms with van der Waals surface area (Å²) in [6.07, 6.45) is 6.18. The number of aromatic nitrogens is 4. The third kappa shape index (κ3) is 3.40. The summed E-state index contributed by atoms with van der Waals surface area (Å²) in [5, 5.41) is 30.4. The van der Waals surface area contributed by atoms with E-state index in [9.17, 15) is 10.4 Å². The van der Waals surface area contributed by atoms with E-state index >= 15 is 0 Å². The fourth-order valence-corrected chi connectivity index (χ4v) is 6.58. The monoisotopic (exact) mass is 478 g/mol. The highest BCUT2D eigenvalue weighted by molar-refractivity contribution is 6.31. The summed E-state index contributed by atoms with van der Waals surface area (Å²) in [6, 6.07) is 11.2. The Morgan fingerprint density at radius 1 is 1.32 bits per heavy atom. The molecular formula is C24H27ClN8O. The lowest BCUT2D eigenvalue weighted by molar-refractivity contribution is -0.0900. The van der Waals surface area contributed by atoms with Gasteiger partial charge in [0.15, 0.2) is 5.82 Å². The molecule has 3 fully saturated rings. The van der Waals surface area contributed by atoms with E-state index in [2.05, 4.69) is 38.4 Å². The molecule has 9 nitrogen and oxygen atoms in total. The van der Waals surface area contributed by atoms with Gasteiger partial charge in [-0.1, -0.05) is 11.6 Å². The second-order valence-corrected chi connectivity index (χ2v) is 10.3. The van der Waals surface area contributed by atoms with E-state index < -0.39 is 0 Å². The van der Waals surface area contributed by atoms with Gasteiger partial charge in [0.2, 0.25) is 5.95 Å². The van der Waals surface area contributed by atoms with Crippen molar-refractivity contribution in [1.29, 1.82) is 5.26 Å². The fraction of sp³-hybridized carbons (Fsp3) is 0.500. The maximum Gasteiger partial charge on any atom is 0.227 e. The minimum Gasteiger partial charge on any atom is -0.390 e. The van der Waals surface area contributed by atoms with Crippen LogP contribution in [0.2, 0.25) is 5.02 Å². The lowest BCUT2D eigenvalue weighted by atomic mass is 9.72. The van der Waals surface area contributed by atoms with E-state index in [0.29, 0.717) is 52.8 Å². The number of halogens is 1. The summed E-state index contributed by atoms with van der Waals surface area (Å²) in [5.41, 5.74) is 1.52. The summed E-state index contributed by atoms with van der Waals surface area (Å²) in [6.45, 7) is -0.112. The van der Waals surface area contributed by atoms with Crippen LogP contribution in [0.5, 0.6) is 0 Å². The molecule has 5 heterocycles. The standard InChI is InChI=1S/C24H27ClN8O/c1-32(17-10-16-4-5-24(6-7-26)12-18(11-17)33(16)24)23-27-20-8-14(25)2-3-19(20)22(29-23)28-21-9-15(13-34)30-31-21/h2-3,8-9,16-18,34H,4-6,10-13H2,1H3,(H2,27,28,29,30,31)/t16-,17-,18-,24?/m0/s1. The molecule has 0 amide bonds. The van der Waals surface area contributed by atoms with Gasteiger partial charge in [-0.25, -0.2) is 4.98 Å². The Morgan fingerprint density at radius 2 is 2.18 bits per heavy atom. The van der Waals surface area contributed by atoms with Gasteiger partial charge in [0.1, 0.15) is 5.82 Å². The molecule has 0 radical (unpaired) electrons. The molecular weight excluding hydrogens is 452 g/mol. The number of aliphatic hydroxyl groups excluding tert-OH is 1. The van der Waals surface area contributed by atoms with Gasteiger partial charge in [0.05, 0.1) is 30.3 Å². The van der Waals surface area contributed by atoms with Gasteiger partial charge < -0.3 is 15.3 Å². The van der Waals surface area contributed by atoms with Crippen molar-refractivity contribution in [2.24, 2.45) is 0 Å². The zero-order valence-electron chi connectivity index (χ0n) is 19.0. The van der Waals surface area contributed by atoms with Crippen LogP contribution in [0.3, 0.4) is 0 Å². The number of hydrogen-bond donors (Lipinski definition) is 3. The molecule has 6 rings (SSSR count). The zero-order chi connectivity index (χ0) is 23.4. The molecule has 3 N–H and O–H groups in total. The highest BCUT2D eigenvalue weighted by atomic mass is 35.5. The van der Waals surface area contributed by atoms with Crippen LogP contribution in [-0.2, 0) is 6.61 Å². The Bertz CT molecular complexity index is 1290. The van der Waals surface area contributed by atoms with Gasteiger partial charge in [-0.05, 0) is 50.3 Å². The molecule has 1 aromatic carbocycles. The summed E-state index contributed by atoms with van der Waals surface area (Å²) in [4.78, 5) is 14.6. The summed E-state index contributed by atoms with van der Waals surface area (Å²) in [5.74, 6) is 1.87. The first-order valence-electron chi connectivity index (χ1n) is 11.8. The Labute approximate surface area is 202 Å². The highest BCUT2D eigenvalue weighted by Gasteiger charge is 2.60. The van der Waals surface area contributed by atoms with Crippen molar-refractivity contribution in [3.8, 4) is 6.07 Å². The van der Waals surface area contributed by atoms with Gasteiger partial charge in [-0.15, -0.1) is 0 Å². The van der Waals surface area contributed by atoms with Crippen molar-refractivity contribution >= 4 is 40.1 Å². The van der Waals surface area contributed by atoms with Gasteiger partial charge in [0, 0.05) is 47.2 Å². The third-order valence-corrected chi connectivity index (χ3v) is 8.18. The molecule has 2 aromatic heterocycles. The van der Waals surface area contributed by atoms with Gasteiger partial charge in [-0.3, -0.25) is 10.00 Å². The molecule has 0 bridgehead atoms. The van der Waals surface area contributed by atoms with Crippen LogP contribution in [0.1, 0.15) is 44.2 Å². The van der Waals surface area contributed by atoms with E-state index in [1.807, 2.05) is 18.2 Å². The van der Waals surface area contributed by atoms with Crippen LogP contribution >= 0.6 is 11.6 Å². The fourth-order valence-electron chi connectivity index (χ4n) is 6.41. The number of hydrogen-bond acceptors (Lipinski definition) is 8. The molecule has 10 heteroatoms. The van der Waals surface area contributed by atoms with Crippen molar-refractivity contribution in [2.45, 2.75) is 68.8 Å². The Hall–Kier alpha value is -2.93. The number of rotatable bonds is 6. The number of nitrogens with zero attached hydrogens (tertiary/aromatic N) is 6. The maximum absolute atomic E-state index is 9.35. The first-order chi connectivity index (χ1) is 16.5. The Balaban J connectivity index is 1.30. The van der Waals surface area contributed by atoms with E-state index in [0.717, 1.165) is 43.0 Å². The number of anilines is 3. The molecule has 4 atom stereocenters. The van der Waals surface area contributed by atoms with Gasteiger partial charge in [-0.2, -0.15) is 15.3 Å². The average Bonchev–Trinajstić information content (AvgIpc) is 3.40. The minimum absolute atomic E-state index is 0.112. The number of benzene rings is 1. The molecule has 176 valence electrons. The van der Waals surface area contributed by atoms with Crippen molar-refractivity contribution < 1.29 is 5.11 Å². The number of aliphatic hydroxyl groups is 1. The maximum atomic E-state index is 9.35. The predicted octanol–water partition coefficient (Wildman–Crippen LogP) is 3.73. The topological polar surface area (TPSA) is 117 Å². The predicted molar refractivity (Wildman–Crippen MR) is 130 cm³/mol. The summed E-state index contributed by atoms with van der Waals surface area (Å²) in [7, 11) is 2.07. The summed E-state index contributed by atoms with van der Waals surface area (Å²) >= 11 is 6.29. The number of nitrogens with one attached hydrogen (secondary N) is 2. The minimum atomic E-state index is -0.112. The quantitative estimate of drug-likeness (QED) is 0.490. The number of piperidine rings is 1. The molecule has 1 unspecified atom stereocenters. The molecule has 3 saturated heterocycles. The smallest absolute Gasteiger partial charge is 0.227 e. The summed E-state index contributed by atoms with van der Waals surface area (Å²) < 4.78 is 0. The third-order valence-electron chi connectivity index (χ3n) is 7.95. The molecule has 0 saturated carbocycles. The number of nitriles is 1. The molecule has 0 aliphatic carbocycles. The van der Waals surface area contributed by atoms with Crippen LogP contribution in [0.15, 0.2) is 24.3 Å². The van der Waals surface area contributed by atoms with E-state index in [1.54, 1.807) is 6.07 Å². The van der Waals surface area contributed by atoms with E-state index in [-0.39, 0.29) is 12.1 Å². The lowest BCUT2D eigenvalue weighted by Gasteiger charge is -2.60. The zero-order valence-corrected chi connectivity index (χ0v) is 19.8. The van der Waals surface area contributed by atoms with Crippen molar-refractivity contribution in [3.63, 3.8) is 0 Å². The highest BCUT2D eigenvalue weighted by Crippen LogP contribution is 2.55. The molecule has 3 aromatic rings. The molecule has 3 aliphatic heterocycles. The first kappa shape index (κ1) is 21.6. The van der Waals surface area contributed by atoms with Gasteiger partial charge >= 0.3 is 0 Å². The van der Waals surface area contributed by atoms with Crippen LogP contribution in [0.4, 0.5) is 17.6 Å². The van der Waals surface area contributed by atoms with Crippen molar-refractivity contribution in [3.05, 3.63) is 35.0 Å². The van der Waals surface area contributed by atoms with E-state index in [1.165, 1.54) is 0 Å². The number of fused-ring (bicyclic) bond motifs is 1. The Morgan fingerprint density at radius 3 is 2.97 bits per heavy atom. The first-order valence-corrected chi connectivity index (χ1v) is 12.2. The largest absolute Gasteiger partial charge is 0.390 e. The second-order valence-electron chi connectivity index (χ2n) is 9.85. The van der Waals surface area contributed by atoms with Crippen molar-refractivity contribution in [2.75, 3.05) is 17.3 Å². The lowest BCUT2D eigenvalue weighted by Crippen LogP contribution is -2.68. The van der Waals surface area contributed by atoms with E-state index in [4.69, 9.17) is 21.6 Å². The number of aromatic amines is 1. The normalized spacial score (nSPS) is 27.8. The van der Waals surface area contributed by atoms with Crippen LogP contribution in [0, 0.1) is 11.3 Å². The van der Waals surface area contributed by atoms with Gasteiger partial charge in [0.25, 0.3) is 0 Å². The van der Waals surface area contributed by atoms with Crippen LogP contribution in [-0.4, -0.2) is 60.9 Å². The second kappa shape index (κ2) is 8.08. The molecule has 0 spiro atoms. The average molecular weight is 479 g/mol. The SMILES string of the molecule is CN(c1nc(Nc2cc(CO)[nH]n2)c2ccc(Cl)cc2n1)[C@H]1C[C@@H]2CCC3(CC#N)C[C@H](C1)N23. The van der Waals surface area contributed by atoms with Crippen LogP contribution in [0.25, 0.3) is 10.9 Å². The van der Waals surface area contributed by atoms with Crippen LogP contribution < -0.4 is 10.2 Å². The molecule has 3 aliphatic rings.